The van der Waals surface area contributed by atoms with Crippen LogP contribution in [0, 0.1) is 5.82 Å². The fourth-order valence-corrected chi connectivity index (χ4v) is 2.38. The summed E-state index contributed by atoms with van der Waals surface area (Å²) < 4.78 is 20.0. The van der Waals surface area contributed by atoms with Crippen LogP contribution in [0.1, 0.15) is 10.4 Å². The molecule has 0 aliphatic rings. The van der Waals surface area contributed by atoms with E-state index in [1.165, 1.54) is 42.3 Å². The smallest absolute Gasteiger partial charge is 0.339 e. The van der Waals surface area contributed by atoms with Crippen LogP contribution in [0.25, 0.3) is 16.9 Å². The SMILES string of the molecule is COc1ccccc1-n1ncc(C(=O)O)c1-c1ccc(F)cc1. The van der Waals surface area contributed by atoms with Gasteiger partial charge in [-0.3, -0.25) is 0 Å². The fourth-order valence-electron chi connectivity index (χ4n) is 2.38. The first-order valence-electron chi connectivity index (χ1n) is 6.82. The van der Waals surface area contributed by atoms with Crippen LogP contribution in [0.3, 0.4) is 0 Å². The van der Waals surface area contributed by atoms with Gasteiger partial charge in [0, 0.05) is 5.56 Å². The van der Waals surface area contributed by atoms with Gasteiger partial charge >= 0.3 is 5.97 Å². The van der Waals surface area contributed by atoms with Crippen molar-refractivity contribution in [3.63, 3.8) is 0 Å². The number of carboxylic acids is 1. The van der Waals surface area contributed by atoms with Crippen molar-refractivity contribution in [1.82, 2.24) is 9.78 Å². The molecule has 0 amide bonds. The van der Waals surface area contributed by atoms with Crippen LogP contribution >= 0.6 is 0 Å². The molecule has 6 heteroatoms. The van der Waals surface area contributed by atoms with Crippen LogP contribution in [0.5, 0.6) is 5.75 Å². The van der Waals surface area contributed by atoms with Crippen LogP contribution in [-0.4, -0.2) is 28.0 Å². The van der Waals surface area contributed by atoms with Crippen LogP contribution < -0.4 is 4.74 Å². The molecule has 1 aromatic heterocycles. The van der Waals surface area contributed by atoms with Gasteiger partial charge in [0.05, 0.1) is 19.0 Å². The number of hydrogen-bond acceptors (Lipinski definition) is 3. The van der Waals surface area contributed by atoms with Crippen LogP contribution in [0.15, 0.2) is 54.7 Å². The lowest BCUT2D eigenvalue weighted by Crippen LogP contribution is -2.04. The van der Waals surface area contributed by atoms with Crippen LogP contribution in [-0.2, 0) is 0 Å². The van der Waals surface area contributed by atoms with E-state index >= 15 is 0 Å². The Bertz CT molecular complexity index is 857. The number of hydrogen-bond donors (Lipinski definition) is 1. The quantitative estimate of drug-likeness (QED) is 0.802. The molecule has 1 heterocycles. The lowest BCUT2D eigenvalue weighted by molar-refractivity contribution is 0.0697. The summed E-state index contributed by atoms with van der Waals surface area (Å²) in [6.45, 7) is 0. The minimum atomic E-state index is -1.11. The van der Waals surface area contributed by atoms with Gasteiger partial charge in [0.15, 0.2) is 0 Å². The molecule has 0 aliphatic heterocycles. The molecule has 3 rings (SSSR count). The zero-order chi connectivity index (χ0) is 16.4. The highest BCUT2D eigenvalue weighted by Gasteiger charge is 2.21. The van der Waals surface area contributed by atoms with Crippen molar-refractivity contribution in [1.29, 1.82) is 0 Å². The molecule has 0 aliphatic carbocycles. The Hall–Kier alpha value is -3.15. The molecule has 2 aromatic carbocycles. The summed E-state index contributed by atoms with van der Waals surface area (Å²) in [7, 11) is 1.53. The first-order valence-corrected chi connectivity index (χ1v) is 6.82. The van der Waals surface area contributed by atoms with Crippen molar-refractivity contribution in [3.8, 4) is 22.7 Å². The van der Waals surface area contributed by atoms with Gasteiger partial charge < -0.3 is 9.84 Å². The van der Waals surface area contributed by atoms with Gasteiger partial charge in [0.2, 0.25) is 0 Å². The number of carboxylic acid groups (broad SMARTS) is 1. The topological polar surface area (TPSA) is 64.4 Å². The van der Waals surface area contributed by atoms with Crippen LogP contribution in [0.4, 0.5) is 4.39 Å². The molecule has 5 nitrogen and oxygen atoms in total. The van der Waals surface area contributed by atoms with Gasteiger partial charge in [0.1, 0.15) is 22.8 Å². The molecule has 0 saturated carbocycles. The van der Waals surface area contributed by atoms with Gasteiger partial charge in [-0.05, 0) is 36.4 Å². The van der Waals surface area contributed by atoms with Gasteiger partial charge in [-0.2, -0.15) is 5.10 Å². The van der Waals surface area contributed by atoms with E-state index in [9.17, 15) is 14.3 Å². The Labute approximate surface area is 131 Å². The van der Waals surface area contributed by atoms with E-state index in [2.05, 4.69) is 5.10 Å². The van der Waals surface area contributed by atoms with Gasteiger partial charge in [-0.15, -0.1) is 0 Å². The Morgan fingerprint density at radius 2 is 1.87 bits per heavy atom. The molecule has 0 spiro atoms. The van der Waals surface area contributed by atoms with E-state index in [1.807, 2.05) is 6.07 Å². The zero-order valence-electron chi connectivity index (χ0n) is 12.2. The largest absolute Gasteiger partial charge is 0.494 e. The number of aromatic nitrogens is 2. The minimum Gasteiger partial charge on any atom is -0.494 e. The average molecular weight is 312 g/mol. The van der Waals surface area contributed by atoms with E-state index in [-0.39, 0.29) is 5.56 Å². The van der Waals surface area contributed by atoms with E-state index in [1.54, 1.807) is 18.2 Å². The number of ether oxygens (including phenoxy) is 1. The summed E-state index contributed by atoms with van der Waals surface area (Å²) in [5.74, 6) is -0.949. The van der Waals surface area contributed by atoms with E-state index < -0.39 is 11.8 Å². The first kappa shape index (κ1) is 14.8. The second kappa shape index (κ2) is 5.92. The van der Waals surface area contributed by atoms with Crippen molar-refractivity contribution in [2.45, 2.75) is 0 Å². The maximum atomic E-state index is 13.2. The lowest BCUT2D eigenvalue weighted by atomic mass is 10.1. The van der Waals surface area contributed by atoms with E-state index in [4.69, 9.17) is 4.74 Å². The molecule has 0 fully saturated rings. The van der Waals surface area contributed by atoms with Gasteiger partial charge in [-0.25, -0.2) is 13.9 Å². The Kier molecular flexibility index (Phi) is 3.80. The number of aromatic carboxylic acids is 1. The van der Waals surface area contributed by atoms with Crippen molar-refractivity contribution in [3.05, 3.63) is 66.1 Å². The van der Waals surface area contributed by atoms with Gasteiger partial charge in [0.25, 0.3) is 0 Å². The predicted molar refractivity (Wildman–Crippen MR) is 82.5 cm³/mol. The van der Waals surface area contributed by atoms with Gasteiger partial charge in [-0.1, -0.05) is 12.1 Å². The number of halogens is 1. The normalized spacial score (nSPS) is 10.5. The summed E-state index contributed by atoms with van der Waals surface area (Å²) in [6.07, 6.45) is 1.27. The Morgan fingerprint density at radius 3 is 2.52 bits per heavy atom. The summed E-state index contributed by atoms with van der Waals surface area (Å²) in [4.78, 5) is 11.5. The number of nitrogens with zero attached hydrogens (tertiary/aromatic N) is 2. The highest BCUT2D eigenvalue weighted by atomic mass is 19.1. The highest BCUT2D eigenvalue weighted by Crippen LogP contribution is 2.30. The van der Waals surface area contributed by atoms with Crippen molar-refractivity contribution < 1.29 is 19.0 Å². The molecule has 0 atom stereocenters. The number of benzene rings is 2. The van der Waals surface area contributed by atoms with Crippen molar-refractivity contribution in [2.24, 2.45) is 0 Å². The third kappa shape index (κ3) is 2.66. The molecule has 1 N–H and O–H groups in total. The van der Waals surface area contributed by atoms with E-state index in [0.717, 1.165) is 0 Å². The summed E-state index contributed by atoms with van der Waals surface area (Å²) >= 11 is 0. The Balaban J connectivity index is 2.26. The maximum absolute atomic E-state index is 13.2. The molecule has 0 radical (unpaired) electrons. The number of methoxy groups -OCH3 is 1. The molecule has 0 unspecified atom stereocenters. The monoisotopic (exact) mass is 312 g/mol. The minimum absolute atomic E-state index is 0.0301. The number of carbonyl (C=O) groups is 1. The highest BCUT2D eigenvalue weighted by molar-refractivity contribution is 5.95. The molecule has 0 saturated heterocycles. The molecular weight excluding hydrogens is 299 g/mol. The number of para-hydroxylation sites is 2. The predicted octanol–water partition coefficient (Wildman–Crippen LogP) is 3.39. The molecule has 116 valence electrons. The third-order valence-electron chi connectivity index (χ3n) is 3.43. The summed E-state index contributed by atoms with van der Waals surface area (Å²) in [5, 5.41) is 13.6. The first-order chi connectivity index (χ1) is 11.1. The zero-order valence-corrected chi connectivity index (χ0v) is 12.2. The maximum Gasteiger partial charge on any atom is 0.339 e. The summed E-state index contributed by atoms with van der Waals surface area (Å²) in [5.41, 5.74) is 1.54. The lowest BCUT2D eigenvalue weighted by Gasteiger charge is -2.12. The number of rotatable bonds is 4. The second-order valence-corrected chi connectivity index (χ2v) is 4.80. The molecule has 3 aromatic rings. The molecular formula is C17H13FN2O3. The average Bonchev–Trinajstić information content (AvgIpc) is 3.00. The van der Waals surface area contributed by atoms with Crippen molar-refractivity contribution >= 4 is 5.97 Å². The van der Waals surface area contributed by atoms with E-state index in [0.29, 0.717) is 22.7 Å². The third-order valence-corrected chi connectivity index (χ3v) is 3.43. The summed E-state index contributed by atoms with van der Waals surface area (Å²) in [6, 6.07) is 12.7. The molecule has 23 heavy (non-hydrogen) atoms. The Morgan fingerprint density at radius 1 is 1.17 bits per heavy atom. The van der Waals surface area contributed by atoms with Crippen LogP contribution in [0.2, 0.25) is 0 Å². The fraction of sp³-hybridized carbons (Fsp3) is 0.0588. The van der Waals surface area contributed by atoms with Crippen molar-refractivity contribution in [2.75, 3.05) is 7.11 Å². The second-order valence-electron chi connectivity index (χ2n) is 4.80. The standard InChI is InChI=1S/C17H13FN2O3/c1-23-15-5-3-2-4-14(15)20-16(13(10-19-20)17(21)22)11-6-8-12(18)9-7-11/h2-10H,1H3,(H,21,22). The molecule has 0 bridgehead atoms.